The molecule has 1 aromatic rings. The highest BCUT2D eigenvalue weighted by Crippen LogP contribution is 2.38. The molecule has 0 aromatic heterocycles. The Morgan fingerprint density at radius 1 is 1.36 bits per heavy atom. The van der Waals surface area contributed by atoms with Crippen molar-refractivity contribution < 1.29 is 4.79 Å². The zero-order valence-electron chi connectivity index (χ0n) is 7.54. The maximum atomic E-state index is 11.8. The molecule has 74 valence electrons. The molecular weight excluding hydrogens is 263 g/mol. The van der Waals surface area contributed by atoms with Gasteiger partial charge < -0.3 is 0 Å². The molecule has 2 rings (SSSR count). The first-order valence-electron chi connectivity index (χ1n) is 4.62. The fourth-order valence-electron chi connectivity index (χ4n) is 1.38. The third kappa shape index (κ3) is 2.18. The van der Waals surface area contributed by atoms with Crippen molar-refractivity contribution in [2.45, 2.75) is 17.7 Å². The van der Waals surface area contributed by atoms with Crippen LogP contribution in [0, 0.1) is 5.92 Å². The molecule has 1 fully saturated rings. The fourth-order valence-corrected chi connectivity index (χ4v) is 2.30. The lowest BCUT2D eigenvalue weighted by Gasteiger charge is -2.06. The van der Waals surface area contributed by atoms with E-state index < -0.39 is 0 Å². The summed E-state index contributed by atoms with van der Waals surface area (Å²) in [6.45, 7) is 0. The molecule has 1 saturated carbocycles. The van der Waals surface area contributed by atoms with Crippen LogP contribution in [0.2, 0.25) is 5.02 Å². The van der Waals surface area contributed by atoms with Crippen LogP contribution in [-0.4, -0.2) is 10.6 Å². The minimum absolute atomic E-state index is 0.0105. The van der Waals surface area contributed by atoms with Crippen molar-refractivity contribution in [2.24, 2.45) is 5.92 Å². The quantitative estimate of drug-likeness (QED) is 0.606. The molecule has 3 heteroatoms. The minimum Gasteiger partial charge on any atom is -0.293 e. The van der Waals surface area contributed by atoms with Crippen molar-refractivity contribution in [3.63, 3.8) is 0 Å². The maximum absolute atomic E-state index is 11.8. The van der Waals surface area contributed by atoms with Gasteiger partial charge in [-0.05, 0) is 43.0 Å². The predicted molar refractivity (Wildman–Crippen MR) is 61.2 cm³/mol. The first kappa shape index (κ1) is 10.2. The van der Waals surface area contributed by atoms with Crippen molar-refractivity contribution in [1.82, 2.24) is 0 Å². The molecule has 0 unspecified atom stereocenters. The second-order valence-corrected chi connectivity index (χ2v) is 5.03. The molecule has 0 amide bonds. The second kappa shape index (κ2) is 4.03. The largest absolute Gasteiger partial charge is 0.293 e. The lowest BCUT2D eigenvalue weighted by atomic mass is 10.1. The van der Waals surface area contributed by atoms with Crippen LogP contribution >= 0.6 is 27.5 Å². The molecule has 0 bridgehead atoms. The van der Waals surface area contributed by atoms with Gasteiger partial charge in [-0.2, -0.15) is 0 Å². The number of rotatable bonds is 3. The second-order valence-electron chi connectivity index (χ2n) is 3.61. The van der Waals surface area contributed by atoms with Gasteiger partial charge in [-0.3, -0.25) is 4.79 Å². The van der Waals surface area contributed by atoms with Crippen LogP contribution in [0.1, 0.15) is 23.2 Å². The van der Waals surface area contributed by atoms with E-state index in [1.807, 2.05) is 0 Å². The van der Waals surface area contributed by atoms with Gasteiger partial charge in [0.15, 0.2) is 5.78 Å². The van der Waals surface area contributed by atoms with Gasteiger partial charge in [-0.1, -0.05) is 27.5 Å². The van der Waals surface area contributed by atoms with E-state index in [9.17, 15) is 4.79 Å². The summed E-state index contributed by atoms with van der Waals surface area (Å²) in [5, 5.41) is 0.666. The zero-order valence-corrected chi connectivity index (χ0v) is 9.88. The van der Waals surface area contributed by atoms with E-state index in [1.165, 1.54) is 0 Å². The Kier molecular flexibility index (Phi) is 2.93. The summed E-state index contributed by atoms with van der Waals surface area (Å²) in [6, 6.07) is 7.06. The van der Waals surface area contributed by atoms with Gasteiger partial charge in [-0.25, -0.2) is 0 Å². The van der Waals surface area contributed by atoms with Crippen molar-refractivity contribution in [3.05, 3.63) is 34.9 Å². The molecule has 0 aliphatic heterocycles. The van der Waals surface area contributed by atoms with E-state index in [2.05, 4.69) is 15.9 Å². The van der Waals surface area contributed by atoms with E-state index >= 15 is 0 Å². The fraction of sp³-hybridized carbons (Fsp3) is 0.364. The highest BCUT2D eigenvalue weighted by atomic mass is 79.9. The Bertz CT molecular complexity index is 343. The molecule has 0 radical (unpaired) electrons. The molecule has 0 N–H and O–H groups in total. The zero-order chi connectivity index (χ0) is 10.1. The summed E-state index contributed by atoms with van der Waals surface area (Å²) in [5.41, 5.74) is 0.739. The summed E-state index contributed by atoms with van der Waals surface area (Å²) >= 11 is 9.19. The number of benzene rings is 1. The first-order chi connectivity index (χ1) is 6.68. The number of ketones is 1. The van der Waals surface area contributed by atoms with Crippen LogP contribution in [0.4, 0.5) is 0 Å². The van der Waals surface area contributed by atoms with Crippen LogP contribution in [0.15, 0.2) is 24.3 Å². The van der Waals surface area contributed by atoms with E-state index in [0.29, 0.717) is 10.9 Å². The van der Waals surface area contributed by atoms with E-state index in [4.69, 9.17) is 11.6 Å². The Balaban J connectivity index is 2.13. The highest BCUT2D eigenvalue weighted by Gasteiger charge is 2.34. The number of Topliss-reactive ketones (excluding diaryl/α,β-unsaturated/α-hetero) is 1. The summed E-state index contributed by atoms with van der Waals surface area (Å²) < 4.78 is 0. The van der Waals surface area contributed by atoms with Crippen LogP contribution in [-0.2, 0) is 0 Å². The number of halogens is 2. The maximum Gasteiger partial charge on any atom is 0.176 e. The molecule has 14 heavy (non-hydrogen) atoms. The van der Waals surface area contributed by atoms with Gasteiger partial charge >= 0.3 is 0 Å². The van der Waals surface area contributed by atoms with Gasteiger partial charge in [0, 0.05) is 10.6 Å². The highest BCUT2D eigenvalue weighted by molar-refractivity contribution is 9.10. The monoisotopic (exact) mass is 272 g/mol. The number of carbonyl (C=O) groups excluding carboxylic acids is 1. The Labute approximate surface area is 96.6 Å². The minimum atomic E-state index is -0.0105. The van der Waals surface area contributed by atoms with E-state index in [1.54, 1.807) is 24.3 Å². The SMILES string of the molecule is O=C(c1ccc(Cl)cc1)[C@@H](Br)C1CC1. The number of hydrogen-bond donors (Lipinski definition) is 0. The molecule has 1 aliphatic carbocycles. The molecular formula is C11H10BrClO. The average molecular weight is 274 g/mol. The third-order valence-corrected chi connectivity index (χ3v) is 3.83. The molecule has 1 aromatic carbocycles. The summed E-state index contributed by atoms with van der Waals surface area (Å²) in [5.74, 6) is 0.711. The smallest absolute Gasteiger partial charge is 0.176 e. The van der Waals surface area contributed by atoms with Crippen LogP contribution in [0.5, 0.6) is 0 Å². The van der Waals surface area contributed by atoms with Crippen molar-refractivity contribution >= 4 is 33.3 Å². The average Bonchev–Trinajstić information content (AvgIpc) is 3.00. The van der Waals surface area contributed by atoms with E-state index in [0.717, 1.165) is 18.4 Å². The van der Waals surface area contributed by atoms with Crippen molar-refractivity contribution in [2.75, 3.05) is 0 Å². The molecule has 1 aliphatic rings. The standard InChI is InChI=1S/C11H10BrClO/c12-10(7-1-2-7)11(14)8-3-5-9(13)6-4-8/h3-7,10H,1-2H2/t10-/m0/s1. The Morgan fingerprint density at radius 2 is 1.93 bits per heavy atom. The van der Waals surface area contributed by atoms with Gasteiger partial charge in [0.05, 0.1) is 4.83 Å². The summed E-state index contributed by atoms with van der Waals surface area (Å²) in [7, 11) is 0. The number of hydrogen-bond acceptors (Lipinski definition) is 1. The Hall–Kier alpha value is -0.340. The topological polar surface area (TPSA) is 17.1 Å². The van der Waals surface area contributed by atoms with Crippen molar-refractivity contribution in [3.8, 4) is 0 Å². The molecule has 1 nitrogen and oxygen atoms in total. The van der Waals surface area contributed by atoms with E-state index in [-0.39, 0.29) is 10.6 Å². The number of carbonyl (C=O) groups is 1. The molecule has 0 heterocycles. The van der Waals surface area contributed by atoms with Gasteiger partial charge in [-0.15, -0.1) is 0 Å². The molecule has 0 spiro atoms. The van der Waals surface area contributed by atoms with Crippen LogP contribution < -0.4 is 0 Å². The van der Waals surface area contributed by atoms with Crippen LogP contribution in [0.3, 0.4) is 0 Å². The van der Waals surface area contributed by atoms with Gasteiger partial charge in [0.1, 0.15) is 0 Å². The van der Waals surface area contributed by atoms with Gasteiger partial charge in [0.25, 0.3) is 0 Å². The predicted octanol–water partition coefficient (Wildman–Crippen LogP) is 3.70. The normalized spacial score (nSPS) is 17.9. The summed E-state index contributed by atoms with van der Waals surface area (Å²) in [6.07, 6.45) is 2.32. The van der Waals surface area contributed by atoms with Crippen LogP contribution in [0.25, 0.3) is 0 Å². The molecule has 1 atom stereocenters. The third-order valence-electron chi connectivity index (χ3n) is 2.42. The molecule has 0 saturated heterocycles. The van der Waals surface area contributed by atoms with Gasteiger partial charge in [0.2, 0.25) is 0 Å². The Morgan fingerprint density at radius 3 is 2.43 bits per heavy atom. The van der Waals surface area contributed by atoms with Crippen molar-refractivity contribution in [1.29, 1.82) is 0 Å². The first-order valence-corrected chi connectivity index (χ1v) is 5.91. The lowest BCUT2D eigenvalue weighted by Crippen LogP contribution is -2.15. The lowest BCUT2D eigenvalue weighted by molar-refractivity contribution is 0.0985. The summed E-state index contributed by atoms with van der Waals surface area (Å²) in [4.78, 5) is 11.8. The number of alkyl halides is 1.